The van der Waals surface area contributed by atoms with Gasteiger partial charge in [0.1, 0.15) is 11.5 Å². The zero-order valence-corrected chi connectivity index (χ0v) is 12.1. The van der Waals surface area contributed by atoms with Crippen molar-refractivity contribution in [2.45, 2.75) is 44.8 Å². The number of esters is 1. The van der Waals surface area contributed by atoms with E-state index in [2.05, 4.69) is 0 Å². The number of rotatable bonds is 5. The van der Waals surface area contributed by atoms with Crippen LogP contribution >= 0.6 is 11.3 Å². The summed E-state index contributed by atoms with van der Waals surface area (Å²) in [6.45, 7) is 5.29. The van der Waals surface area contributed by atoms with E-state index in [1.807, 2.05) is 5.38 Å². The first-order valence-electron chi connectivity index (χ1n) is 5.94. The maximum atomic E-state index is 12.2. The van der Waals surface area contributed by atoms with Crippen molar-refractivity contribution in [3.63, 3.8) is 0 Å². The highest BCUT2D eigenvalue weighted by atomic mass is 32.1. The molecule has 1 unspecified atom stereocenters. The minimum atomic E-state index is -1.03. The van der Waals surface area contributed by atoms with E-state index in [0.717, 1.165) is 4.88 Å². The number of nitrogens with two attached hydrogens (primary N) is 1. The second kappa shape index (κ2) is 6.16. The van der Waals surface area contributed by atoms with Crippen LogP contribution in [0.5, 0.6) is 0 Å². The molecule has 5 nitrogen and oxygen atoms in total. The van der Waals surface area contributed by atoms with Gasteiger partial charge in [-0.05, 0) is 32.2 Å². The Bertz CT molecular complexity index is 436. The van der Waals surface area contributed by atoms with Crippen molar-refractivity contribution in [3.8, 4) is 0 Å². The fourth-order valence-electron chi connectivity index (χ4n) is 1.65. The number of carboxylic acids is 1. The fraction of sp³-hybridized carbons (Fsp3) is 0.538. The fourth-order valence-corrected chi connectivity index (χ4v) is 2.54. The van der Waals surface area contributed by atoms with E-state index in [0.29, 0.717) is 0 Å². The molecule has 0 aromatic carbocycles. The second-order valence-electron chi connectivity index (χ2n) is 5.29. The van der Waals surface area contributed by atoms with Gasteiger partial charge in [0.15, 0.2) is 0 Å². The van der Waals surface area contributed by atoms with Gasteiger partial charge in [-0.25, -0.2) is 0 Å². The van der Waals surface area contributed by atoms with Gasteiger partial charge in [0, 0.05) is 10.9 Å². The van der Waals surface area contributed by atoms with Gasteiger partial charge in [-0.1, -0.05) is 6.07 Å². The van der Waals surface area contributed by atoms with Crippen molar-refractivity contribution < 1.29 is 19.4 Å². The maximum Gasteiger partial charge on any atom is 0.316 e. The number of ether oxygens (including phenoxy) is 1. The maximum absolute atomic E-state index is 12.2. The number of hydrogen-bond donors (Lipinski definition) is 2. The number of carbonyl (C=O) groups excluding carboxylic acids is 1. The molecule has 0 bridgehead atoms. The number of aliphatic carboxylic acids is 1. The molecule has 0 saturated heterocycles. The second-order valence-corrected chi connectivity index (χ2v) is 6.27. The quantitative estimate of drug-likeness (QED) is 0.807. The third-order valence-corrected chi connectivity index (χ3v) is 3.30. The molecule has 0 saturated carbocycles. The molecule has 1 aromatic rings. The van der Waals surface area contributed by atoms with Crippen LogP contribution in [0.25, 0.3) is 0 Å². The van der Waals surface area contributed by atoms with Gasteiger partial charge in [0.05, 0.1) is 6.42 Å². The largest absolute Gasteiger partial charge is 0.481 e. The molecule has 106 valence electrons. The molecule has 0 aliphatic rings. The lowest BCUT2D eigenvalue weighted by molar-refractivity contribution is -0.157. The third kappa shape index (κ3) is 5.00. The van der Waals surface area contributed by atoms with Crippen LogP contribution < -0.4 is 5.73 Å². The number of hydrogen-bond acceptors (Lipinski definition) is 5. The molecule has 0 aliphatic heterocycles. The lowest BCUT2D eigenvalue weighted by Gasteiger charge is -2.26. The van der Waals surface area contributed by atoms with Crippen LogP contribution in [0.4, 0.5) is 0 Å². The zero-order valence-electron chi connectivity index (χ0n) is 11.3. The molecule has 1 heterocycles. The van der Waals surface area contributed by atoms with Gasteiger partial charge in [-0.2, -0.15) is 0 Å². The number of carbonyl (C=O) groups is 2. The van der Waals surface area contributed by atoms with Gasteiger partial charge in [0.2, 0.25) is 0 Å². The monoisotopic (exact) mass is 285 g/mol. The average Bonchev–Trinajstić information content (AvgIpc) is 2.66. The molecule has 0 fully saturated rings. The highest BCUT2D eigenvalue weighted by molar-refractivity contribution is 7.10. The molecule has 0 amide bonds. The van der Waals surface area contributed by atoms with Crippen LogP contribution in [0.1, 0.15) is 38.0 Å². The molecule has 0 spiro atoms. The summed E-state index contributed by atoms with van der Waals surface area (Å²) in [6.07, 6.45) is -0.276. The van der Waals surface area contributed by atoms with Crippen LogP contribution in [-0.2, 0) is 14.3 Å². The van der Waals surface area contributed by atoms with Crippen molar-refractivity contribution in [3.05, 3.63) is 22.4 Å². The lowest BCUT2D eigenvalue weighted by Crippen LogP contribution is -2.38. The molecule has 1 rings (SSSR count). The Hall–Kier alpha value is -1.40. The number of carboxylic acid groups (broad SMARTS) is 1. The summed E-state index contributed by atoms with van der Waals surface area (Å²) in [4.78, 5) is 23.7. The first-order chi connectivity index (χ1) is 8.70. The van der Waals surface area contributed by atoms with Crippen LogP contribution in [0.2, 0.25) is 0 Å². The van der Waals surface area contributed by atoms with E-state index in [4.69, 9.17) is 15.6 Å². The predicted octanol–water partition coefficient (Wildman–Crippen LogP) is 1.98. The van der Waals surface area contributed by atoms with Crippen molar-refractivity contribution in [2.75, 3.05) is 0 Å². The number of thiophene rings is 1. The van der Waals surface area contributed by atoms with E-state index in [9.17, 15) is 9.59 Å². The zero-order chi connectivity index (χ0) is 14.6. The van der Waals surface area contributed by atoms with Crippen molar-refractivity contribution in [2.24, 2.45) is 5.73 Å². The molecule has 2 atom stereocenters. The van der Waals surface area contributed by atoms with Crippen molar-refractivity contribution in [1.29, 1.82) is 0 Å². The molecule has 3 N–H and O–H groups in total. The van der Waals surface area contributed by atoms with E-state index < -0.39 is 29.5 Å². The molecule has 6 heteroatoms. The molecular weight excluding hydrogens is 266 g/mol. The van der Waals surface area contributed by atoms with Crippen molar-refractivity contribution in [1.82, 2.24) is 0 Å². The Balaban J connectivity index is 2.93. The first-order valence-corrected chi connectivity index (χ1v) is 6.82. The van der Waals surface area contributed by atoms with E-state index >= 15 is 0 Å². The van der Waals surface area contributed by atoms with E-state index in [1.165, 1.54) is 11.3 Å². The standard InChI is InChI=1S/C13H19NO4S/c1-13(2,3)18-12(17)11(8(14)7-10(15)16)9-5-4-6-19-9/h4-6,8,11H,7,14H2,1-3H3,(H,15,16)/t8-,11?/m0/s1. The predicted molar refractivity (Wildman–Crippen MR) is 73.1 cm³/mol. The average molecular weight is 285 g/mol. The summed E-state index contributed by atoms with van der Waals surface area (Å²) < 4.78 is 5.32. The Labute approximate surface area is 116 Å². The summed E-state index contributed by atoms with van der Waals surface area (Å²) >= 11 is 1.37. The minimum absolute atomic E-state index is 0.276. The summed E-state index contributed by atoms with van der Waals surface area (Å²) in [7, 11) is 0. The SMILES string of the molecule is CC(C)(C)OC(=O)C(c1cccs1)[C@@H](N)CC(=O)O. The lowest BCUT2D eigenvalue weighted by atomic mass is 9.95. The normalized spacial score (nSPS) is 14.7. The highest BCUT2D eigenvalue weighted by Crippen LogP contribution is 2.28. The highest BCUT2D eigenvalue weighted by Gasteiger charge is 2.33. The van der Waals surface area contributed by atoms with E-state index in [-0.39, 0.29) is 6.42 Å². The van der Waals surface area contributed by atoms with Crippen LogP contribution in [0, 0.1) is 0 Å². The Kier molecular flexibility index (Phi) is 5.08. The van der Waals surface area contributed by atoms with Crippen LogP contribution in [-0.4, -0.2) is 28.7 Å². The summed E-state index contributed by atoms with van der Waals surface area (Å²) in [6, 6.07) is 2.76. The molecule has 0 radical (unpaired) electrons. The van der Waals surface area contributed by atoms with Gasteiger partial charge >= 0.3 is 11.9 Å². The molecule has 1 aromatic heterocycles. The van der Waals surface area contributed by atoms with Gasteiger partial charge in [-0.15, -0.1) is 11.3 Å². The first kappa shape index (κ1) is 15.7. The van der Waals surface area contributed by atoms with E-state index in [1.54, 1.807) is 32.9 Å². The molecule has 0 aliphatic carbocycles. The Morgan fingerprint density at radius 3 is 2.53 bits per heavy atom. The summed E-state index contributed by atoms with van der Waals surface area (Å²) in [5, 5.41) is 10.6. The smallest absolute Gasteiger partial charge is 0.316 e. The van der Waals surface area contributed by atoms with Gasteiger partial charge in [-0.3, -0.25) is 9.59 Å². The van der Waals surface area contributed by atoms with Crippen LogP contribution in [0.15, 0.2) is 17.5 Å². The summed E-state index contributed by atoms with van der Waals surface area (Å²) in [5.41, 5.74) is 5.23. The van der Waals surface area contributed by atoms with Gasteiger partial charge in [0.25, 0.3) is 0 Å². The Morgan fingerprint density at radius 1 is 1.47 bits per heavy atom. The van der Waals surface area contributed by atoms with Crippen molar-refractivity contribution >= 4 is 23.3 Å². The topological polar surface area (TPSA) is 89.6 Å². The molecular formula is C13H19NO4S. The Morgan fingerprint density at radius 2 is 2.11 bits per heavy atom. The van der Waals surface area contributed by atoms with Gasteiger partial charge < -0.3 is 15.6 Å². The third-order valence-electron chi connectivity index (χ3n) is 2.35. The van der Waals surface area contributed by atoms with Crippen LogP contribution in [0.3, 0.4) is 0 Å². The molecule has 19 heavy (non-hydrogen) atoms. The summed E-state index contributed by atoms with van der Waals surface area (Å²) in [5.74, 6) is -2.25. The minimum Gasteiger partial charge on any atom is -0.481 e.